The first-order valence-corrected chi connectivity index (χ1v) is 7.24. The molecule has 0 radical (unpaired) electrons. The normalized spacial score (nSPS) is 10.3. The van der Waals surface area contributed by atoms with Gasteiger partial charge < -0.3 is 11.1 Å². The number of amides is 1. The topological polar surface area (TPSA) is 55.1 Å². The molecule has 0 heterocycles. The Bertz CT molecular complexity index is 588. The number of nitrogens with two attached hydrogens (primary N) is 1. The molecule has 20 heavy (non-hydrogen) atoms. The summed E-state index contributed by atoms with van der Waals surface area (Å²) in [5, 5.41) is 2.73. The molecule has 3 nitrogen and oxygen atoms in total. The van der Waals surface area contributed by atoms with Crippen molar-refractivity contribution in [3.05, 3.63) is 53.6 Å². The Kier molecular flexibility index (Phi) is 4.82. The van der Waals surface area contributed by atoms with Gasteiger partial charge in [0.15, 0.2) is 0 Å². The van der Waals surface area contributed by atoms with Crippen molar-refractivity contribution in [2.75, 3.05) is 11.9 Å². The van der Waals surface area contributed by atoms with E-state index >= 15 is 0 Å². The lowest BCUT2D eigenvalue weighted by Gasteiger charge is -2.07. The second-order valence-corrected chi connectivity index (χ2v) is 5.85. The highest BCUT2D eigenvalue weighted by atomic mass is 32.2. The van der Waals surface area contributed by atoms with Crippen molar-refractivity contribution < 1.29 is 4.79 Å². The number of hydrogen-bond acceptors (Lipinski definition) is 3. The van der Waals surface area contributed by atoms with Crippen LogP contribution < -0.4 is 11.1 Å². The fourth-order valence-electron chi connectivity index (χ4n) is 1.95. The summed E-state index contributed by atoms with van der Waals surface area (Å²) in [6.45, 7) is 4.20. The van der Waals surface area contributed by atoms with Gasteiger partial charge in [0.25, 0.3) is 0 Å². The molecule has 0 atom stereocenters. The van der Waals surface area contributed by atoms with Crippen LogP contribution >= 0.6 is 11.8 Å². The van der Waals surface area contributed by atoms with Crippen molar-refractivity contribution in [1.29, 1.82) is 0 Å². The molecule has 0 aliphatic carbocycles. The second kappa shape index (κ2) is 6.59. The summed E-state index contributed by atoms with van der Waals surface area (Å²) in [6, 6.07) is 14.3. The lowest BCUT2D eigenvalue weighted by atomic mass is 10.2. The Balaban J connectivity index is 2.08. The van der Waals surface area contributed by atoms with Gasteiger partial charge in [-0.3, -0.25) is 4.79 Å². The summed E-state index contributed by atoms with van der Waals surface area (Å²) in [5.41, 5.74) is 8.56. The highest BCUT2D eigenvalue weighted by Gasteiger charge is 2.02. The van der Waals surface area contributed by atoms with Crippen LogP contribution in [0.15, 0.2) is 52.3 Å². The number of nitrogens with one attached hydrogen (secondary N) is 1. The quantitative estimate of drug-likeness (QED) is 0.906. The third kappa shape index (κ3) is 4.11. The molecule has 0 unspecified atom stereocenters. The van der Waals surface area contributed by atoms with Gasteiger partial charge in [-0.05, 0) is 61.4 Å². The van der Waals surface area contributed by atoms with Crippen molar-refractivity contribution in [3.63, 3.8) is 0 Å². The van der Waals surface area contributed by atoms with Gasteiger partial charge >= 0.3 is 0 Å². The van der Waals surface area contributed by atoms with E-state index in [1.807, 2.05) is 24.3 Å². The van der Waals surface area contributed by atoms with E-state index in [2.05, 4.69) is 37.4 Å². The number of hydrogen-bond donors (Lipinski definition) is 2. The van der Waals surface area contributed by atoms with E-state index in [1.54, 1.807) is 11.8 Å². The zero-order valence-corrected chi connectivity index (χ0v) is 12.5. The average Bonchev–Trinajstić information content (AvgIpc) is 2.39. The highest BCUT2D eigenvalue weighted by Crippen LogP contribution is 2.29. The smallest absolute Gasteiger partial charge is 0.238 e. The molecule has 0 aliphatic heterocycles. The maximum atomic E-state index is 11.2. The molecular formula is C16H18N2OS. The fraction of sp³-hybridized carbons (Fsp3) is 0.188. The van der Waals surface area contributed by atoms with Gasteiger partial charge in [0.2, 0.25) is 5.91 Å². The SMILES string of the molecule is Cc1cc(C)cc(Sc2ccc(NC(=O)CN)cc2)c1. The van der Waals surface area contributed by atoms with E-state index in [0.29, 0.717) is 0 Å². The third-order valence-corrected chi connectivity index (χ3v) is 3.73. The molecule has 2 aromatic rings. The lowest BCUT2D eigenvalue weighted by molar-refractivity contribution is -0.114. The van der Waals surface area contributed by atoms with Gasteiger partial charge in [0.05, 0.1) is 6.54 Å². The Morgan fingerprint density at radius 1 is 1.05 bits per heavy atom. The number of carbonyl (C=O) groups is 1. The Morgan fingerprint density at radius 2 is 1.65 bits per heavy atom. The van der Waals surface area contributed by atoms with Crippen molar-refractivity contribution >= 4 is 23.4 Å². The average molecular weight is 286 g/mol. The number of carbonyl (C=O) groups excluding carboxylic acids is 1. The van der Waals surface area contributed by atoms with Crippen LogP contribution in [0.3, 0.4) is 0 Å². The van der Waals surface area contributed by atoms with Gasteiger partial charge in [-0.15, -0.1) is 0 Å². The first kappa shape index (κ1) is 14.6. The van der Waals surface area contributed by atoms with Crippen LogP contribution in [0, 0.1) is 13.8 Å². The molecular weight excluding hydrogens is 268 g/mol. The molecule has 0 bridgehead atoms. The third-order valence-electron chi connectivity index (χ3n) is 2.75. The summed E-state index contributed by atoms with van der Waals surface area (Å²) in [5.74, 6) is -0.181. The van der Waals surface area contributed by atoms with E-state index in [-0.39, 0.29) is 12.5 Å². The predicted molar refractivity (Wildman–Crippen MR) is 84.2 cm³/mol. The minimum Gasteiger partial charge on any atom is -0.325 e. The van der Waals surface area contributed by atoms with Gasteiger partial charge in [-0.2, -0.15) is 0 Å². The van der Waals surface area contributed by atoms with Crippen molar-refractivity contribution in [2.45, 2.75) is 23.6 Å². The van der Waals surface area contributed by atoms with E-state index < -0.39 is 0 Å². The van der Waals surface area contributed by atoms with Crippen molar-refractivity contribution in [3.8, 4) is 0 Å². The number of anilines is 1. The van der Waals surface area contributed by atoms with Crippen LogP contribution in [-0.2, 0) is 4.79 Å². The summed E-state index contributed by atoms with van der Waals surface area (Å²) >= 11 is 1.71. The first-order chi connectivity index (χ1) is 9.56. The molecule has 0 aliphatic rings. The maximum Gasteiger partial charge on any atom is 0.238 e. The molecule has 0 aromatic heterocycles. The fourth-order valence-corrected chi connectivity index (χ4v) is 2.98. The standard InChI is InChI=1S/C16H18N2OS/c1-11-7-12(2)9-15(8-11)20-14-5-3-13(4-6-14)18-16(19)10-17/h3-9H,10,17H2,1-2H3,(H,18,19). The molecule has 3 N–H and O–H groups in total. The Morgan fingerprint density at radius 3 is 2.20 bits per heavy atom. The van der Waals surface area contributed by atoms with Crippen LogP contribution in [0.4, 0.5) is 5.69 Å². The molecule has 0 saturated heterocycles. The zero-order chi connectivity index (χ0) is 14.5. The summed E-state index contributed by atoms with van der Waals surface area (Å²) < 4.78 is 0. The number of benzene rings is 2. The van der Waals surface area contributed by atoms with E-state index in [9.17, 15) is 4.79 Å². The highest BCUT2D eigenvalue weighted by molar-refractivity contribution is 7.99. The van der Waals surface area contributed by atoms with E-state index in [4.69, 9.17) is 5.73 Å². The molecule has 0 saturated carbocycles. The van der Waals surface area contributed by atoms with Crippen LogP contribution in [0.1, 0.15) is 11.1 Å². The van der Waals surface area contributed by atoms with Crippen LogP contribution in [0.5, 0.6) is 0 Å². The van der Waals surface area contributed by atoms with Crippen LogP contribution in [0.25, 0.3) is 0 Å². The van der Waals surface area contributed by atoms with Crippen molar-refractivity contribution in [1.82, 2.24) is 0 Å². The molecule has 4 heteroatoms. The van der Waals surface area contributed by atoms with Crippen LogP contribution in [-0.4, -0.2) is 12.5 Å². The number of aryl methyl sites for hydroxylation is 2. The molecule has 2 rings (SSSR count). The molecule has 0 spiro atoms. The van der Waals surface area contributed by atoms with Gasteiger partial charge in [0.1, 0.15) is 0 Å². The maximum absolute atomic E-state index is 11.2. The van der Waals surface area contributed by atoms with Gasteiger partial charge in [0, 0.05) is 15.5 Å². The van der Waals surface area contributed by atoms with Crippen LogP contribution in [0.2, 0.25) is 0 Å². The Hall–Kier alpha value is -1.78. The van der Waals surface area contributed by atoms with E-state index in [0.717, 1.165) is 10.6 Å². The monoisotopic (exact) mass is 286 g/mol. The lowest BCUT2D eigenvalue weighted by Crippen LogP contribution is -2.21. The second-order valence-electron chi connectivity index (χ2n) is 4.70. The summed E-state index contributed by atoms with van der Waals surface area (Å²) in [7, 11) is 0. The molecule has 0 fully saturated rings. The van der Waals surface area contributed by atoms with E-state index in [1.165, 1.54) is 16.0 Å². The molecule has 2 aromatic carbocycles. The number of rotatable bonds is 4. The van der Waals surface area contributed by atoms with Gasteiger partial charge in [-0.25, -0.2) is 0 Å². The van der Waals surface area contributed by atoms with Crippen molar-refractivity contribution in [2.24, 2.45) is 5.73 Å². The largest absolute Gasteiger partial charge is 0.325 e. The minimum absolute atomic E-state index is 0.000922. The minimum atomic E-state index is -0.181. The molecule has 104 valence electrons. The van der Waals surface area contributed by atoms with Gasteiger partial charge in [-0.1, -0.05) is 17.8 Å². The Labute approximate surface area is 123 Å². The zero-order valence-electron chi connectivity index (χ0n) is 11.6. The predicted octanol–water partition coefficient (Wildman–Crippen LogP) is 3.35. The summed E-state index contributed by atoms with van der Waals surface area (Å²) in [4.78, 5) is 13.6. The summed E-state index contributed by atoms with van der Waals surface area (Å²) in [6.07, 6.45) is 0. The first-order valence-electron chi connectivity index (χ1n) is 6.43. The molecule has 1 amide bonds.